The van der Waals surface area contributed by atoms with Crippen molar-refractivity contribution in [2.24, 2.45) is 11.8 Å². The summed E-state index contributed by atoms with van der Waals surface area (Å²) in [5.41, 5.74) is -1.09. The molecule has 0 aromatic rings. The van der Waals surface area contributed by atoms with Crippen LogP contribution in [0.15, 0.2) is 36.0 Å². The van der Waals surface area contributed by atoms with E-state index in [0.717, 1.165) is 0 Å². The lowest BCUT2D eigenvalue weighted by molar-refractivity contribution is -0.178. The number of hydrogen-bond acceptors (Lipinski definition) is 10. The van der Waals surface area contributed by atoms with E-state index >= 15 is 0 Å². The summed E-state index contributed by atoms with van der Waals surface area (Å²) in [5.74, 6) is -4.74. The van der Waals surface area contributed by atoms with Gasteiger partial charge in [0, 0.05) is 5.57 Å². The maximum atomic E-state index is 13.2. The highest BCUT2D eigenvalue weighted by Gasteiger charge is 2.60. The summed E-state index contributed by atoms with van der Waals surface area (Å²) in [6.07, 6.45) is -3.50. The van der Waals surface area contributed by atoms with Crippen LogP contribution in [0.1, 0.15) is 47.0 Å². The fourth-order valence-electron chi connectivity index (χ4n) is 4.31. The number of carbonyl (C=O) groups is 4. The third-order valence-electron chi connectivity index (χ3n) is 7.25. The van der Waals surface area contributed by atoms with Crippen LogP contribution in [0.4, 0.5) is 0 Å². The molecule has 0 radical (unpaired) electrons. The zero-order valence-corrected chi connectivity index (χ0v) is 21.3. The van der Waals surface area contributed by atoms with Gasteiger partial charge in [-0.3, -0.25) is 4.79 Å². The van der Waals surface area contributed by atoms with Crippen LogP contribution in [0, 0.1) is 11.8 Å². The maximum Gasteiger partial charge on any atom is 0.341 e. The van der Waals surface area contributed by atoms with E-state index in [1.807, 2.05) is 0 Å². The molecule has 0 aromatic carbocycles. The van der Waals surface area contributed by atoms with Crippen molar-refractivity contribution in [1.82, 2.24) is 0 Å². The van der Waals surface area contributed by atoms with Gasteiger partial charge in [-0.2, -0.15) is 0 Å². The van der Waals surface area contributed by atoms with E-state index in [4.69, 9.17) is 23.7 Å². The van der Waals surface area contributed by atoms with Crippen molar-refractivity contribution in [3.8, 4) is 0 Å². The van der Waals surface area contributed by atoms with E-state index in [9.17, 15) is 24.3 Å². The third kappa shape index (κ3) is 5.10. The van der Waals surface area contributed by atoms with Crippen molar-refractivity contribution in [2.45, 2.75) is 83.1 Å². The lowest BCUT2D eigenvalue weighted by Gasteiger charge is -2.36. The number of aliphatic hydroxyl groups excluding tert-OH is 1. The fourth-order valence-corrected chi connectivity index (χ4v) is 4.31. The predicted molar refractivity (Wildman–Crippen MR) is 125 cm³/mol. The molecule has 0 amide bonds. The zero-order valence-electron chi connectivity index (χ0n) is 21.3. The Morgan fingerprint density at radius 3 is 2.47 bits per heavy atom. The molecule has 3 rings (SSSR count). The number of methoxy groups -OCH3 is 1. The van der Waals surface area contributed by atoms with Crippen molar-refractivity contribution in [1.29, 1.82) is 0 Å². The number of epoxide rings is 1. The summed E-state index contributed by atoms with van der Waals surface area (Å²) in [5, 5.41) is 11.0. The molecule has 0 saturated carbocycles. The first-order valence-corrected chi connectivity index (χ1v) is 12.0. The molecule has 2 aliphatic heterocycles. The van der Waals surface area contributed by atoms with Crippen molar-refractivity contribution in [2.75, 3.05) is 7.11 Å². The SMILES string of the molecule is C=C1C(=O)O[C@H]2[C@H]1[C@H](OC(=O)[C@]1(C)O[C@@H]1C)[C@@H](OC(=O)[C@H](C)CC)/C(C(=O)OC)=C\CCC(=C)[C@@H]2O. The summed E-state index contributed by atoms with van der Waals surface area (Å²) >= 11 is 0. The van der Waals surface area contributed by atoms with Crippen LogP contribution < -0.4 is 0 Å². The maximum absolute atomic E-state index is 13.2. The van der Waals surface area contributed by atoms with Gasteiger partial charge in [0.2, 0.25) is 0 Å². The van der Waals surface area contributed by atoms with Crippen molar-refractivity contribution in [3.05, 3.63) is 36.0 Å². The smallest absolute Gasteiger partial charge is 0.341 e. The van der Waals surface area contributed by atoms with E-state index < -0.39 is 71.8 Å². The average molecular weight is 507 g/mol. The first-order valence-electron chi connectivity index (χ1n) is 12.0. The summed E-state index contributed by atoms with van der Waals surface area (Å²) in [7, 11) is 1.17. The minimum absolute atomic E-state index is 0.0723. The lowest BCUT2D eigenvalue weighted by atomic mass is 9.80. The minimum atomic E-state index is -1.47. The van der Waals surface area contributed by atoms with E-state index in [2.05, 4.69) is 13.2 Å². The molecular weight excluding hydrogens is 472 g/mol. The molecule has 8 atom stereocenters. The molecule has 0 bridgehead atoms. The molecule has 2 fully saturated rings. The summed E-state index contributed by atoms with van der Waals surface area (Å²) in [4.78, 5) is 51.6. The Morgan fingerprint density at radius 1 is 1.28 bits per heavy atom. The second-order valence-electron chi connectivity index (χ2n) is 9.62. The van der Waals surface area contributed by atoms with Gasteiger partial charge < -0.3 is 28.8 Å². The molecule has 2 saturated heterocycles. The van der Waals surface area contributed by atoms with Crippen LogP contribution in [0.25, 0.3) is 0 Å². The summed E-state index contributed by atoms with van der Waals surface area (Å²) in [6, 6.07) is 0. The van der Waals surface area contributed by atoms with Crippen LogP contribution >= 0.6 is 0 Å². The fraction of sp³-hybridized carbons (Fsp3) is 0.615. The minimum Gasteiger partial charge on any atom is -0.466 e. The highest BCUT2D eigenvalue weighted by Crippen LogP contribution is 2.42. The quantitative estimate of drug-likeness (QED) is 0.187. The Hall–Kier alpha value is -2.98. The highest BCUT2D eigenvalue weighted by molar-refractivity contribution is 5.93. The van der Waals surface area contributed by atoms with Gasteiger partial charge in [-0.1, -0.05) is 33.1 Å². The average Bonchev–Trinajstić information content (AvgIpc) is 3.37. The summed E-state index contributed by atoms with van der Waals surface area (Å²) in [6.45, 7) is 14.4. The Balaban J connectivity index is 2.19. The molecule has 0 unspecified atom stereocenters. The normalized spacial score (nSPS) is 36.5. The van der Waals surface area contributed by atoms with Gasteiger partial charge in [0.15, 0.2) is 17.8 Å². The molecular formula is C26H34O10. The molecule has 10 nitrogen and oxygen atoms in total. The first-order chi connectivity index (χ1) is 16.9. The Morgan fingerprint density at radius 2 is 1.92 bits per heavy atom. The molecule has 1 aliphatic carbocycles. The molecule has 198 valence electrons. The van der Waals surface area contributed by atoms with Crippen LogP contribution in [0.5, 0.6) is 0 Å². The topological polar surface area (TPSA) is 138 Å². The van der Waals surface area contributed by atoms with E-state index in [0.29, 0.717) is 12.0 Å². The monoisotopic (exact) mass is 506 g/mol. The second-order valence-corrected chi connectivity index (χ2v) is 9.62. The van der Waals surface area contributed by atoms with Crippen molar-refractivity contribution >= 4 is 23.9 Å². The number of carbonyl (C=O) groups excluding carboxylic acids is 4. The second kappa shape index (κ2) is 10.6. The molecule has 0 aromatic heterocycles. The molecule has 0 spiro atoms. The van der Waals surface area contributed by atoms with Crippen LogP contribution in [0.2, 0.25) is 0 Å². The predicted octanol–water partition coefficient (Wildman–Crippen LogP) is 1.94. The van der Waals surface area contributed by atoms with Gasteiger partial charge in [0.1, 0.15) is 12.2 Å². The first kappa shape index (κ1) is 27.6. The number of aliphatic hydroxyl groups is 1. The van der Waals surface area contributed by atoms with E-state index in [1.165, 1.54) is 20.1 Å². The third-order valence-corrected chi connectivity index (χ3v) is 7.25. The van der Waals surface area contributed by atoms with E-state index in [1.54, 1.807) is 20.8 Å². The van der Waals surface area contributed by atoms with Crippen LogP contribution in [-0.4, -0.2) is 72.2 Å². The zero-order chi connectivity index (χ0) is 26.9. The molecule has 1 N–H and O–H groups in total. The number of hydrogen-bond donors (Lipinski definition) is 1. The van der Waals surface area contributed by atoms with E-state index in [-0.39, 0.29) is 24.0 Å². The van der Waals surface area contributed by atoms with Gasteiger partial charge in [-0.25, -0.2) is 14.4 Å². The standard InChI is InChI=1S/C26H34O10/c1-8-12(2)22(28)33-19-16(24(30)32-7)11-9-10-13(3)18(27)20-17(14(4)23(29)34-20)21(19)35-25(31)26(6)15(5)36-26/h11-12,15,17-21,27H,3-4,8-10H2,1-2,5-7H3/b16-11+/t12-,15-,17+,18+,19+,20+,21+,26-/m1/s1. The summed E-state index contributed by atoms with van der Waals surface area (Å²) < 4.78 is 27.4. The largest absolute Gasteiger partial charge is 0.466 e. The molecule has 3 aliphatic rings. The number of fused-ring (bicyclic) bond motifs is 1. The van der Waals surface area contributed by atoms with Gasteiger partial charge in [-0.05, 0) is 38.7 Å². The number of esters is 4. The Bertz CT molecular complexity index is 997. The number of rotatable bonds is 6. The molecule has 10 heteroatoms. The van der Waals surface area contributed by atoms with Crippen molar-refractivity contribution in [3.63, 3.8) is 0 Å². The Labute approximate surface area is 210 Å². The van der Waals surface area contributed by atoms with Gasteiger partial charge >= 0.3 is 23.9 Å². The van der Waals surface area contributed by atoms with Crippen LogP contribution in [0.3, 0.4) is 0 Å². The lowest BCUT2D eigenvalue weighted by Crippen LogP contribution is -2.50. The van der Waals surface area contributed by atoms with Crippen molar-refractivity contribution < 1.29 is 48.0 Å². The van der Waals surface area contributed by atoms with Gasteiger partial charge in [-0.15, -0.1) is 0 Å². The number of allylic oxidation sites excluding steroid dienone is 1. The van der Waals surface area contributed by atoms with Gasteiger partial charge in [0.05, 0.1) is 30.6 Å². The van der Waals surface area contributed by atoms with Crippen LogP contribution in [-0.2, 0) is 42.9 Å². The molecule has 2 heterocycles. The highest BCUT2D eigenvalue weighted by atomic mass is 16.7. The number of ether oxygens (including phenoxy) is 5. The molecule has 36 heavy (non-hydrogen) atoms. The Kier molecular flexibility index (Phi) is 8.10. The van der Waals surface area contributed by atoms with Gasteiger partial charge in [0.25, 0.3) is 0 Å².